The van der Waals surface area contributed by atoms with Gasteiger partial charge in [0, 0.05) is 5.57 Å². The van der Waals surface area contributed by atoms with Crippen LogP contribution in [0.15, 0.2) is 24.8 Å². The molecule has 62 valence electrons. The zero-order valence-corrected chi connectivity index (χ0v) is 6.26. The summed E-state index contributed by atoms with van der Waals surface area (Å²) in [5.74, 6) is -1.70. The molecule has 1 amide bonds. The van der Waals surface area contributed by atoms with Gasteiger partial charge in [-0.1, -0.05) is 13.2 Å². The molecule has 4 heteroatoms. The molecule has 0 aromatic carbocycles. The van der Waals surface area contributed by atoms with Crippen LogP contribution in [0.4, 0.5) is 0 Å². The van der Waals surface area contributed by atoms with E-state index in [2.05, 4.69) is 18.9 Å². The van der Waals surface area contributed by atoms with Crippen molar-refractivity contribution in [2.45, 2.75) is 6.92 Å². The van der Waals surface area contributed by atoms with E-state index in [-0.39, 0.29) is 11.6 Å². The van der Waals surface area contributed by atoms with Crippen molar-refractivity contribution in [1.82, 2.24) is 0 Å². The van der Waals surface area contributed by atoms with Gasteiger partial charge in [-0.05, 0) is 13.0 Å². The van der Waals surface area contributed by atoms with Gasteiger partial charge >= 0.3 is 5.97 Å². The third-order valence-electron chi connectivity index (χ3n) is 0.539. The van der Waals surface area contributed by atoms with E-state index >= 15 is 0 Å². The number of carbonyl (C=O) groups excluding carboxylic acids is 1. The number of hydrogen-bond donors (Lipinski definition) is 2. The summed E-state index contributed by atoms with van der Waals surface area (Å²) in [6.45, 7) is 7.55. The van der Waals surface area contributed by atoms with Crippen molar-refractivity contribution in [1.29, 1.82) is 0 Å². The Balaban J connectivity index is 0. The molecule has 0 bridgehead atoms. The van der Waals surface area contributed by atoms with E-state index in [4.69, 9.17) is 6.48 Å². The smallest absolute Gasteiger partial charge is 0.330 e. The van der Waals surface area contributed by atoms with Crippen molar-refractivity contribution >= 4 is 11.9 Å². The molecule has 0 aliphatic carbocycles. The highest BCUT2D eigenvalue weighted by molar-refractivity contribution is 5.85. The first-order valence-electron chi connectivity index (χ1n) is 3.13. The summed E-state index contributed by atoms with van der Waals surface area (Å²) >= 11 is 0. The van der Waals surface area contributed by atoms with Crippen molar-refractivity contribution in [2.24, 2.45) is 5.73 Å². The van der Waals surface area contributed by atoms with E-state index in [1.54, 1.807) is 0 Å². The average Bonchev–Trinajstić information content (AvgIpc) is 1.88. The molecular formula is C7H11NO3. The fourth-order valence-electron chi connectivity index (χ4n) is 0. The first-order valence-corrected chi connectivity index (χ1v) is 2.63. The molecule has 4 nitrogen and oxygen atoms in total. The van der Waals surface area contributed by atoms with Crippen LogP contribution >= 0.6 is 0 Å². The maximum absolute atomic E-state index is 9.63. The molecule has 0 fully saturated rings. The molecule has 0 unspecified atom stereocenters. The number of hydrogen-bond acceptors (Lipinski definition) is 2. The Kier molecular flexibility index (Phi) is 5.60. The van der Waals surface area contributed by atoms with Gasteiger partial charge in [0.25, 0.3) is 0 Å². The van der Waals surface area contributed by atoms with Crippen LogP contribution in [0.3, 0.4) is 0 Å². The zero-order valence-electron chi connectivity index (χ0n) is 7.26. The van der Waals surface area contributed by atoms with Crippen LogP contribution in [-0.4, -0.2) is 17.0 Å². The molecule has 0 atom stereocenters. The van der Waals surface area contributed by atoms with E-state index in [9.17, 15) is 9.59 Å². The second kappa shape index (κ2) is 6.54. The van der Waals surface area contributed by atoms with Gasteiger partial charge in [-0.25, -0.2) is 4.79 Å². The number of amides is 1. The highest BCUT2D eigenvalue weighted by atomic mass is 16.4. The Labute approximate surface area is 66.4 Å². The Morgan fingerprint density at radius 3 is 1.91 bits per heavy atom. The number of primary amides is 1. The van der Waals surface area contributed by atoms with Crippen molar-refractivity contribution in [2.75, 3.05) is 0 Å². The molecule has 0 aliphatic rings. The molecule has 0 heterocycles. The first kappa shape index (κ1) is 9.42. The zero-order chi connectivity index (χ0) is 10.3. The number of aliphatic carboxylic acids is 1. The Hall–Kier alpha value is -1.58. The molecule has 0 radical (unpaired) electrons. The lowest BCUT2D eigenvalue weighted by atomic mass is 10.4. The van der Waals surface area contributed by atoms with Crippen molar-refractivity contribution in [3.05, 3.63) is 24.8 Å². The lowest BCUT2D eigenvalue weighted by Gasteiger charge is -1.79. The number of carbonyl (C=O) groups is 2. The Morgan fingerprint density at radius 1 is 1.73 bits per heavy atom. The minimum Gasteiger partial charge on any atom is -0.478 e. The monoisotopic (exact) mass is 158 g/mol. The predicted octanol–water partition coefficient (Wildman–Crippen LogP) is 0.305. The highest BCUT2D eigenvalue weighted by Crippen LogP contribution is 1.81. The fourth-order valence-corrected chi connectivity index (χ4v) is 0. The van der Waals surface area contributed by atoms with Gasteiger partial charge in [-0.2, -0.15) is 0 Å². The lowest BCUT2D eigenvalue weighted by molar-refractivity contribution is -0.132. The molecule has 3 N–H and O–H groups in total. The third kappa shape index (κ3) is 17.8. The van der Waals surface area contributed by atoms with E-state index < -0.39 is 11.9 Å². The summed E-state index contributed by atoms with van der Waals surface area (Å²) in [6, 6.07) is -0.352. The van der Waals surface area contributed by atoms with Crippen LogP contribution in [0.2, 0.25) is 0 Å². The predicted molar refractivity (Wildman–Crippen MR) is 41.8 cm³/mol. The number of carboxylic acid groups (broad SMARTS) is 1. The second-order valence-corrected chi connectivity index (χ2v) is 1.63. The second-order valence-electron chi connectivity index (χ2n) is 1.63. The maximum Gasteiger partial charge on any atom is 0.330 e. The number of nitrogens with two attached hydrogens (primary N) is 1. The molecule has 0 aromatic heterocycles. The van der Waals surface area contributed by atoms with Crippen LogP contribution in [-0.2, 0) is 9.59 Å². The van der Waals surface area contributed by atoms with Crippen molar-refractivity contribution < 1.29 is 16.1 Å². The SMILES string of the molecule is C=C(C)C(=O)O.[2H]C(=C)C(N)=O. The van der Waals surface area contributed by atoms with E-state index in [1.165, 1.54) is 6.92 Å². The number of rotatable bonds is 2. The molecule has 0 rings (SSSR count). The van der Waals surface area contributed by atoms with Crippen LogP contribution < -0.4 is 5.73 Å². The molecule has 0 spiro atoms. The summed E-state index contributed by atoms with van der Waals surface area (Å²) in [6.07, 6.45) is 0. The van der Waals surface area contributed by atoms with Gasteiger partial charge in [0.15, 0.2) is 0 Å². The highest BCUT2D eigenvalue weighted by Gasteiger charge is 1.90. The summed E-state index contributed by atoms with van der Waals surface area (Å²) < 4.78 is 6.36. The number of carboxylic acids is 1. The van der Waals surface area contributed by atoms with Gasteiger partial charge in [0.1, 0.15) is 0 Å². The maximum atomic E-state index is 9.63. The van der Waals surface area contributed by atoms with Crippen LogP contribution in [0.5, 0.6) is 0 Å². The fraction of sp³-hybridized carbons (Fsp3) is 0.143. The topological polar surface area (TPSA) is 80.4 Å². The van der Waals surface area contributed by atoms with Gasteiger partial charge in [0.2, 0.25) is 5.91 Å². The summed E-state index contributed by atoms with van der Waals surface area (Å²) in [4.78, 5) is 19.2. The summed E-state index contributed by atoms with van der Waals surface area (Å²) in [7, 11) is 0. The van der Waals surface area contributed by atoms with Crippen LogP contribution in [0.1, 0.15) is 8.29 Å². The minimum absolute atomic E-state index is 0.176. The van der Waals surface area contributed by atoms with Gasteiger partial charge in [-0.3, -0.25) is 4.79 Å². The largest absolute Gasteiger partial charge is 0.478 e. The normalized spacial score (nSPS) is 8.27. The quantitative estimate of drug-likeness (QED) is 0.567. The molecular weight excluding hydrogens is 146 g/mol. The molecule has 0 aromatic rings. The minimum atomic E-state index is -0.935. The van der Waals surface area contributed by atoms with Gasteiger partial charge in [-0.15, -0.1) is 0 Å². The van der Waals surface area contributed by atoms with Gasteiger partial charge < -0.3 is 10.8 Å². The van der Waals surface area contributed by atoms with Crippen molar-refractivity contribution in [3.8, 4) is 0 Å². The molecule has 11 heavy (non-hydrogen) atoms. The third-order valence-corrected chi connectivity index (χ3v) is 0.539. The van der Waals surface area contributed by atoms with Gasteiger partial charge in [0.05, 0.1) is 1.37 Å². The summed E-state index contributed by atoms with van der Waals surface area (Å²) in [5.41, 5.74) is 4.69. The standard InChI is InChI=1S/C4H6O2.C3H5NO/c1-3(2)4(5)6;1-2-3(4)5/h1H2,2H3,(H,5,6);2H,1H2,(H2,4,5)/i;2D. The van der Waals surface area contributed by atoms with Crippen LogP contribution in [0.25, 0.3) is 0 Å². The Bertz CT molecular complexity index is 175. The van der Waals surface area contributed by atoms with Crippen LogP contribution in [0, 0.1) is 0 Å². The summed E-state index contributed by atoms with van der Waals surface area (Å²) in [5, 5.41) is 7.89. The molecule has 0 saturated carbocycles. The van der Waals surface area contributed by atoms with E-state index in [0.717, 1.165) is 0 Å². The van der Waals surface area contributed by atoms with E-state index in [0.29, 0.717) is 0 Å². The first-order chi connectivity index (χ1) is 5.29. The average molecular weight is 158 g/mol. The molecule has 0 aliphatic heterocycles. The Morgan fingerprint density at radius 2 is 1.91 bits per heavy atom. The molecule has 0 saturated heterocycles. The van der Waals surface area contributed by atoms with Crippen molar-refractivity contribution in [3.63, 3.8) is 0 Å². The van der Waals surface area contributed by atoms with E-state index in [1.807, 2.05) is 0 Å². The lowest BCUT2D eigenvalue weighted by Crippen LogP contribution is -2.04.